The third kappa shape index (κ3) is 4.15. The molecule has 2 nitrogen and oxygen atoms in total. The fourth-order valence-corrected chi connectivity index (χ4v) is 16.0. The first-order chi connectivity index (χ1) is 15.2. The van der Waals surface area contributed by atoms with E-state index in [2.05, 4.69) is 128 Å². The second-order valence-electron chi connectivity index (χ2n) is 7.56. The monoisotopic (exact) mass is 456 g/mol. The van der Waals surface area contributed by atoms with Gasteiger partial charge in [-0.15, -0.1) is 0 Å². The van der Waals surface area contributed by atoms with Crippen LogP contribution in [0.4, 0.5) is 0 Å². The SMILES string of the molecule is CC[Si](O[SiH3])(O[Si](c1ccccc1)(c1ccccc1)c1ccccc1)c1ccccc1. The molecule has 0 bridgehead atoms. The predicted molar refractivity (Wildman–Crippen MR) is 138 cm³/mol. The molecule has 0 aliphatic rings. The van der Waals surface area contributed by atoms with Gasteiger partial charge < -0.3 is 8.23 Å². The molecule has 0 aliphatic carbocycles. The van der Waals surface area contributed by atoms with Crippen molar-refractivity contribution < 1.29 is 8.23 Å². The van der Waals surface area contributed by atoms with Crippen molar-refractivity contribution in [2.24, 2.45) is 0 Å². The molecular weight excluding hydrogens is 429 g/mol. The summed E-state index contributed by atoms with van der Waals surface area (Å²) in [6, 6.07) is 43.7. The van der Waals surface area contributed by atoms with E-state index < -0.39 is 16.9 Å². The van der Waals surface area contributed by atoms with Gasteiger partial charge in [0.15, 0.2) is 0 Å². The van der Waals surface area contributed by atoms with Crippen molar-refractivity contribution in [3.63, 3.8) is 0 Å². The van der Waals surface area contributed by atoms with Crippen LogP contribution in [-0.2, 0) is 8.23 Å². The standard InChI is InChI=1S/C26H28O2Si3/c1-2-30(27-29,23-15-7-3-8-16-23)28-31(24-17-9-4-10-18-24,25-19-11-5-12-20-25)26-21-13-6-14-22-26/h3-22H,2H2,1,29H3. The van der Waals surface area contributed by atoms with Crippen LogP contribution in [0.2, 0.25) is 6.04 Å². The molecule has 0 aromatic heterocycles. The van der Waals surface area contributed by atoms with Crippen molar-refractivity contribution in [3.8, 4) is 0 Å². The van der Waals surface area contributed by atoms with Gasteiger partial charge >= 0.3 is 8.56 Å². The third-order valence-corrected chi connectivity index (χ3v) is 16.6. The zero-order chi connectivity index (χ0) is 21.6. The minimum atomic E-state index is -2.83. The van der Waals surface area contributed by atoms with Crippen molar-refractivity contribution >= 4 is 48.1 Å². The molecule has 0 heterocycles. The minimum absolute atomic E-state index is 0.630. The molecule has 0 N–H and O–H groups in total. The van der Waals surface area contributed by atoms with Gasteiger partial charge in [-0.05, 0) is 26.8 Å². The van der Waals surface area contributed by atoms with Gasteiger partial charge in [0, 0.05) is 0 Å². The molecule has 4 aromatic carbocycles. The lowest BCUT2D eigenvalue weighted by Crippen LogP contribution is -2.75. The van der Waals surface area contributed by atoms with Gasteiger partial charge in [-0.3, -0.25) is 0 Å². The van der Waals surface area contributed by atoms with Crippen LogP contribution in [0.3, 0.4) is 0 Å². The normalized spacial score (nSPS) is 13.6. The Kier molecular flexibility index (Phi) is 6.80. The summed E-state index contributed by atoms with van der Waals surface area (Å²) in [5, 5.41) is 4.93. The molecule has 1 atom stereocenters. The van der Waals surface area contributed by atoms with E-state index in [1.165, 1.54) is 20.7 Å². The van der Waals surface area contributed by atoms with Crippen LogP contribution in [0.1, 0.15) is 6.92 Å². The Morgan fingerprint density at radius 2 is 0.871 bits per heavy atom. The second-order valence-corrected chi connectivity index (χ2v) is 15.9. The highest BCUT2D eigenvalue weighted by atomic mass is 28.5. The lowest BCUT2D eigenvalue weighted by Gasteiger charge is -2.42. The Morgan fingerprint density at radius 3 is 1.16 bits per heavy atom. The fraction of sp³-hybridized carbons (Fsp3) is 0.0769. The highest BCUT2D eigenvalue weighted by molar-refractivity contribution is 7.11. The Bertz CT molecular complexity index is 974. The molecular formula is C26H28O2Si3. The summed E-state index contributed by atoms with van der Waals surface area (Å²) in [5.74, 6) is 0. The number of hydrogen-bond donors (Lipinski definition) is 0. The maximum atomic E-state index is 7.56. The lowest BCUT2D eigenvalue weighted by molar-refractivity contribution is 0.427. The molecule has 5 heteroatoms. The molecule has 156 valence electrons. The van der Waals surface area contributed by atoms with Crippen LogP contribution >= 0.6 is 0 Å². The summed E-state index contributed by atoms with van der Waals surface area (Å²) >= 11 is 0. The van der Waals surface area contributed by atoms with E-state index in [0.717, 1.165) is 6.04 Å². The van der Waals surface area contributed by atoms with Crippen LogP contribution < -0.4 is 20.7 Å². The molecule has 4 rings (SSSR count). The van der Waals surface area contributed by atoms with Crippen LogP contribution in [-0.4, -0.2) is 27.4 Å². The molecule has 0 saturated carbocycles. The maximum absolute atomic E-state index is 7.56. The largest absolute Gasteiger partial charge is 0.442 e. The summed E-state index contributed by atoms with van der Waals surface area (Å²) in [7, 11) is -4.87. The van der Waals surface area contributed by atoms with Crippen molar-refractivity contribution in [2.75, 3.05) is 0 Å². The number of rotatable bonds is 8. The summed E-state index contributed by atoms with van der Waals surface area (Å²) in [5.41, 5.74) is 0. The average molecular weight is 457 g/mol. The Balaban J connectivity index is 2.02. The van der Waals surface area contributed by atoms with E-state index in [4.69, 9.17) is 8.23 Å². The average Bonchev–Trinajstić information content (AvgIpc) is 2.87. The van der Waals surface area contributed by atoms with Crippen molar-refractivity contribution in [1.29, 1.82) is 0 Å². The molecule has 0 saturated heterocycles. The van der Waals surface area contributed by atoms with E-state index in [0.29, 0.717) is 10.5 Å². The van der Waals surface area contributed by atoms with Crippen molar-refractivity contribution in [2.45, 2.75) is 13.0 Å². The highest BCUT2D eigenvalue weighted by Gasteiger charge is 2.50. The van der Waals surface area contributed by atoms with Gasteiger partial charge in [0.25, 0.3) is 8.32 Å². The second kappa shape index (κ2) is 9.72. The zero-order valence-electron chi connectivity index (χ0n) is 18.1. The van der Waals surface area contributed by atoms with Crippen LogP contribution in [0.25, 0.3) is 0 Å². The Morgan fingerprint density at radius 1 is 0.548 bits per heavy atom. The predicted octanol–water partition coefficient (Wildman–Crippen LogP) is 2.34. The first kappa shape index (κ1) is 21.7. The van der Waals surface area contributed by atoms with Crippen LogP contribution in [0, 0.1) is 0 Å². The lowest BCUT2D eigenvalue weighted by atomic mass is 10.3. The van der Waals surface area contributed by atoms with E-state index in [1.807, 2.05) is 0 Å². The first-order valence-corrected chi connectivity index (χ1v) is 15.5. The van der Waals surface area contributed by atoms with E-state index in [9.17, 15) is 0 Å². The third-order valence-electron chi connectivity index (χ3n) is 5.87. The quantitative estimate of drug-likeness (QED) is 0.299. The van der Waals surface area contributed by atoms with Crippen molar-refractivity contribution in [3.05, 3.63) is 121 Å². The Labute approximate surface area is 190 Å². The molecule has 0 radical (unpaired) electrons. The van der Waals surface area contributed by atoms with Crippen molar-refractivity contribution in [1.82, 2.24) is 0 Å². The topological polar surface area (TPSA) is 18.5 Å². The van der Waals surface area contributed by atoms with E-state index >= 15 is 0 Å². The maximum Gasteiger partial charge on any atom is 0.351 e. The number of benzene rings is 4. The minimum Gasteiger partial charge on any atom is -0.442 e. The number of hydrogen-bond acceptors (Lipinski definition) is 2. The van der Waals surface area contributed by atoms with Crippen LogP contribution in [0.5, 0.6) is 0 Å². The summed E-state index contributed by atoms with van der Waals surface area (Å²) in [6.07, 6.45) is 0. The molecule has 0 aliphatic heterocycles. The molecule has 0 amide bonds. The molecule has 31 heavy (non-hydrogen) atoms. The van der Waals surface area contributed by atoms with Gasteiger partial charge in [-0.1, -0.05) is 128 Å². The molecule has 0 spiro atoms. The highest BCUT2D eigenvalue weighted by Crippen LogP contribution is 2.20. The summed E-state index contributed by atoms with van der Waals surface area (Å²) in [6.45, 7) is 2.21. The van der Waals surface area contributed by atoms with Gasteiger partial charge in [0.1, 0.15) is 10.5 Å². The van der Waals surface area contributed by atoms with Gasteiger partial charge in [-0.25, -0.2) is 0 Å². The molecule has 0 fully saturated rings. The summed E-state index contributed by atoms with van der Waals surface area (Å²) in [4.78, 5) is 0. The zero-order valence-corrected chi connectivity index (χ0v) is 22.1. The van der Waals surface area contributed by atoms with Gasteiger partial charge in [0.2, 0.25) is 0 Å². The molecule has 4 aromatic rings. The van der Waals surface area contributed by atoms with Gasteiger partial charge in [0.05, 0.1) is 0 Å². The van der Waals surface area contributed by atoms with E-state index in [-0.39, 0.29) is 0 Å². The molecule has 1 unspecified atom stereocenters. The first-order valence-electron chi connectivity index (χ1n) is 10.7. The smallest absolute Gasteiger partial charge is 0.351 e. The fourth-order valence-electron chi connectivity index (χ4n) is 4.27. The summed E-state index contributed by atoms with van der Waals surface area (Å²) < 4.78 is 14.0. The van der Waals surface area contributed by atoms with E-state index in [1.54, 1.807) is 0 Å². The van der Waals surface area contributed by atoms with Gasteiger partial charge in [-0.2, -0.15) is 0 Å². The Hall–Kier alpha value is -2.55. The van der Waals surface area contributed by atoms with Crippen LogP contribution in [0.15, 0.2) is 121 Å².